The molecule has 0 amide bonds. The maximum atomic E-state index is 12.5. The number of hydrogen-bond acceptors (Lipinski definition) is 3. The van der Waals surface area contributed by atoms with Crippen LogP contribution in [0.2, 0.25) is 0 Å². The number of ketones is 2. The van der Waals surface area contributed by atoms with Gasteiger partial charge in [0.15, 0.2) is 5.78 Å². The van der Waals surface area contributed by atoms with Crippen molar-refractivity contribution in [2.75, 3.05) is 6.61 Å². The molecule has 2 saturated carbocycles. The molecule has 1 aliphatic heterocycles. The number of rotatable bonds is 0. The van der Waals surface area contributed by atoms with Crippen molar-refractivity contribution >= 4 is 11.6 Å². The van der Waals surface area contributed by atoms with Gasteiger partial charge in [0.05, 0.1) is 6.61 Å². The van der Waals surface area contributed by atoms with Gasteiger partial charge in [-0.05, 0) is 49.2 Å². The minimum absolute atomic E-state index is 0.0240. The molecule has 122 valence electrons. The number of ether oxygens (including phenoxy) is 1. The molecule has 1 saturated heterocycles. The summed E-state index contributed by atoms with van der Waals surface area (Å²) < 4.78 is 6.07. The Morgan fingerprint density at radius 2 is 2.04 bits per heavy atom. The van der Waals surface area contributed by atoms with Crippen LogP contribution in [0.3, 0.4) is 0 Å². The standard InChI is InChI=1S/C20H24O3/c1-18-7-8-20-11-23-16-10-19(20,2)12(9-15(16)21)3-4-14(20)13(18)5-6-17(18)22/h3-4,9,13-14,16H,5-8,10-11H2,1-2H3/t13-,14-,16?,18-,19-,20?/m0/s1. The van der Waals surface area contributed by atoms with Crippen LogP contribution < -0.4 is 0 Å². The molecule has 2 unspecified atom stereocenters. The van der Waals surface area contributed by atoms with E-state index < -0.39 is 0 Å². The topological polar surface area (TPSA) is 43.4 Å². The van der Waals surface area contributed by atoms with E-state index >= 15 is 0 Å². The summed E-state index contributed by atoms with van der Waals surface area (Å²) in [6.07, 6.45) is 10.7. The molecule has 0 aromatic carbocycles. The minimum Gasteiger partial charge on any atom is -0.369 e. The third kappa shape index (κ3) is 1.42. The maximum absolute atomic E-state index is 12.5. The van der Waals surface area contributed by atoms with E-state index in [-0.39, 0.29) is 28.1 Å². The van der Waals surface area contributed by atoms with Gasteiger partial charge in [0, 0.05) is 22.7 Å². The van der Waals surface area contributed by atoms with E-state index in [1.165, 1.54) is 5.57 Å². The van der Waals surface area contributed by atoms with Gasteiger partial charge in [-0.3, -0.25) is 9.59 Å². The average molecular weight is 312 g/mol. The highest BCUT2D eigenvalue weighted by Crippen LogP contribution is 2.70. The Kier molecular flexibility index (Phi) is 2.49. The molecule has 5 aliphatic rings. The van der Waals surface area contributed by atoms with Gasteiger partial charge in [-0.15, -0.1) is 0 Å². The predicted octanol–water partition coefficient (Wildman–Crippen LogP) is 3.24. The van der Waals surface area contributed by atoms with E-state index in [2.05, 4.69) is 26.0 Å². The van der Waals surface area contributed by atoms with Gasteiger partial charge in [0.1, 0.15) is 11.9 Å². The van der Waals surface area contributed by atoms with Crippen LogP contribution in [0, 0.1) is 28.1 Å². The van der Waals surface area contributed by atoms with Crippen molar-refractivity contribution in [1.29, 1.82) is 0 Å². The third-order valence-corrected chi connectivity index (χ3v) is 8.27. The van der Waals surface area contributed by atoms with Crippen molar-refractivity contribution in [3.8, 4) is 0 Å². The van der Waals surface area contributed by atoms with Crippen LogP contribution >= 0.6 is 0 Å². The number of fused-ring (bicyclic) bond motifs is 3. The molecule has 3 heteroatoms. The van der Waals surface area contributed by atoms with Gasteiger partial charge in [0.2, 0.25) is 0 Å². The lowest BCUT2D eigenvalue weighted by atomic mass is 9.41. The molecule has 6 atom stereocenters. The molecule has 23 heavy (non-hydrogen) atoms. The zero-order chi connectivity index (χ0) is 16.0. The van der Waals surface area contributed by atoms with Crippen molar-refractivity contribution in [2.24, 2.45) is 28.1 Å². The Morgan fingerprint density at radius 3 is 2.87 bits per heavy atom. The summed E-state index contributed by atoms with van der Waals surface area (Å²) in [6.45, 7) is 5.21. The first-order valence-electron chi connectivity index (χ1n) is 9.00. The quantitative estimate of drug-likeness (QED) is 0.689. The van der Waals surface area contributed by atoms with Crippen molar-refractivity contribution in [1.82, 2.24) is 0 Å². The largest absolute Gasteiger partial charge is 0.369 e. The van der Waals surface area contributed by atoms with Crippen LogP contribution in [0.4, 0.5) is 0 Å². The summed E-state index contributed by atoms with van der Waals surface area (Å²) in [5.74, 6) is 1.44. The van der Waals surface area contributed by atoms with Gasteiger partial charge >= 0.3 is 0 Å². The zero-order valence-electron chi connectivity index (χ0n) is 13.9. The Bertz CT molecular complexity index is 689. The Balaban J connectivity index is 1.69. The highest BCUT2D eigenvalue weighted by molar-refractivity contribution is 5.96. The van der Waals surface area contributed by atoms with Crippen LogP contribution in [-0.4, -0.2) is 24.3 Å². The lowest BCUT2D eigenvalue weighted by Gasteiger charge is -2.65. The summed E-state index contributed by atoms with van der Waals surface area (Å²) in [5, 5.41) is 0. The highest BCUT2D eigenvalue weighted by Gasteiger charge is 2.67. The second-order valence-electron chi connectivity index (χ2n) is 8.86. The number of carbonyl (C=O) groups is 2. The minimum atomic E-state index is -0.250. The number of carbonyl (C=O) groups excluding carboxylic acids is 2. The lowest BCUT2D eigenvalue weighted by Crippen LogP contribution is -2.63. The fourth-order valence-corrected chi connectivity index (χ4v) is 6.64. The number of hydrogen-bond donors (Lipinski definition) is 0. The fourth-order valence-electron chi connectivity index (χ4n) is 6.64. The van der Waals surface area contributed by atoms with E-state index in [1.807, 2.05) is 6.08 Å². The normalized spacial score (nSPS) is 53.7. The van der Waals surface area contributed by atoms with Gasteiger partial charge < -0.3 is 4.74 Å². The van der Waals surface area contributed by atoms with E-state index in [0.29, 0.717) is 24.2 Å². The van der Waals surface area contributed by atoms with Gasteiger partial charge in [-0.1, -0.05) is 26.0 Å². The second-order valence-corrected chi connectivity index (χ2v) is 8.86. The molecule has 1 heterocycles. The van der Waals surface area contributed by atoms with Crippen molar-refractivity contribution in [3.05, 3.63) is 23.8 Å². The van der Waals surface area contributed by atoms with E-state index in [9.17, 15) is 9.59 Å². The molecule has 0 radical (unpaired) electrons. The third-order valence-electron chi connectivity index (χ3n) is 8.27. The van der Waals surface area contributed by atoms with Crippen LogP contribution in [0.25, 0.3) is 0 Å². The van der Waals surface area contributed by atoms with Gasteiger partial charge in [-0.2, -0.15) is 0 Å². The van der Waals surface area contributed by atoms with Crippen LogP contribution in [0.5, 0.6) is 0 Å². The SMILES string of the molecule is C[C@@]12CC3OCC14CC[C@]1(C)C(=O)CC[C@H]1[C@@H]4C=CC2=CC3=O. The van der Waals surface area contributed by atoms with Crippen molar-refractivity contribution in [2.45, 2.75) is 52.1 Å². The Hall–Kier alpha value is -1.22. The average Bonchev–Trinajstić information content (AvgIpc) is 2.83. The molecule has 4 aliphatic carbocycles. The number of Topliss-reactive ketones (excluding diaryl/α,β-unsaturated/α-hetero) is 1. The van der Waals surface area contributed by atoms with Crippen molar-refractivity contribution in [3.63, 3.8) is 0 Å². The monoisotopic (exact) mass is 312 g/mol. The lowest BCUT2D eigenvalue weighted by molar-refractivity contribution is -0.193. The van der Waals surface area contributed by atoms with Gasteiger partial charge in [0.25, 0.3) is 0 Å². The first-order valence-corrected chi connectivity index (χ1v) is 9.00. The second kappa shape index (κ2) is 4.05. The van der Waals surface area contributed by atoms with Crippen LogP contribution in [0.15, 0.2) is 23.8 Å². The van der Waals surface area contributed by atoms with E-state index in [0.717, 1.165) is 32.1 Å². The highest BCUT2D eigenvalue weighted by atomic mass is 16.5. The maximum Gasteiger partial charge on any atom is 0.184 e. The molecular formula is C20H24O3. The van der Waals surface area contributed by atoms with Crippen LogP contribution in [-0.2, 0) is 14.3 Å². The molecule has 5 rings (SSSR count). The predicted molar refractivity (Wildman–Crippen MR) is 85.7 cm³/mol. The molecule has 1 spiro atoms. The molecule has 2 bridgehead atoms. The van der Waals surface area contributed by atoms with Crippen LogP contribution in [0.1, 0.15) is 46.0 Å². The molecule has 3 fully saturated rings. The Morgan fingerprint density at radius 1 is 1.22 bits per heavy atom. The summed E-state index contributed by atoms with van der Waals surface area (Å²) in [4.78, 5) is 24.7. The first-order chi connectivity index (χ1) is 10.9. The van der Waals surface area contributed by atoms with Gasteiger partial charge in [-0.25, -0.2) is 0 Å². The molecule has 3 nitrogen and oxygen atoms in total. The Labute approximate surface area is 137 Å². The number of allylic oxidation sites excluding steroid dienone is 3. The van der Waals surface area contributed by atoms with Crippen molar-refractivity contribution < 1.29 is 14.3 Å². The molecule has 0 aromatic rings. The zero-order valence-corrected chi connectivity index (χ0v) is 13.9. The summed E-state index contributed by atoms with van der Waals surface area (Å²) >= 11 is 0. The fraction of sp³-hybridized carbons (Fsp3) is 0.700. The smallest absolute Gasteiger partial charge is 0.184 e. The molecular weight excluding hydrogens is 288 g/mol. The summed E-state index contributed by atoms with van der Waals surface area (Å²) in [6, 6.07) is 0. The van der Waals surface area contributed by atoms with E-state index in [1.54, 1.807) is 0 Å². The summed E-state index contributed by atoms with van der Waals surface area (Å²) in [5.41, 5.74) is 1.15. The van der Waals surface area contributed by atoms with E-state index in [4.69, 9.17) is 4.74 Å². The molecule has 0 N–H and O–H groups in total. The summed E-state index contributed by atoms with van der Waals surface area (Å²) in [7, 11) is 0. The molecule has 0 aromatic heterocycles. The first kappa shape index (κ1) is 14.2.